The minimum Gasteiger partial charge on any atom is -0.324 e. The molecule has 0 radical (unpaired) electrons. The fourth-order valence-corrected chi connectivity index (χ4v) is 1.86. The zero-order valence-corrected chi connectivity index (χ0v) is 11.3. The Hall–Kier alpha value is -0.920. The number of alkyl halides is 3. The van der Waals surface area contributed by atoms with Gasteiger partial charge in [0, 0.05) is 12.3 Å². The fourth-order valence-electron chi connectivity index (χ4n) is 1.20. The summed E-state index contributed by atoms with van der Waals surface area (Å²) in [6.07, 6.45) is 0. The summed E-state index contributed by atoms with van der Waals surface area (Å²) in [4.78, 5) is 11.5. The number of nitrogens with one attached hydrogen (secondary N) is 2. The Morgan fingerprint density at radius 2 is 2.00 bits per heavy atom. The average molecular weight is 313 g/mol. The zero-order chi connectivity index (χ0) is 14.3. The van der Waals surface area contributed by atoms with E-state index in [-0.39, 0.29) is 36.5 Å². The average Bonchev–Trinajstić information content (AvgIpc) is 2.30. The Morgan fingerprint density at radius 3 is 2.63 bits per heavy atom. The summed E-state index contributed by atoms with van der Waals surface area (Å²) >= 11 is 5.72. The molecule has 0 spiro atoms. The van der Waals surface area contributed by atoms with Crippen LogP contribution in [-0.4, -0.2) is 30.3 Å². The Balaban J connectivity index is 2.20. The lowest BCUT2D eigenvalue weighted by molar-refractivity contribution is -0.115. The Bertz CT molecular complexity index is 429. The molecule has 3 nitrogen and oxygen atoms in total. The molecule has 0 aliphatic rings. The zero-order valence-electron chi connectivity index (χ0n) is 9.76. The van der Waals surface area contributed by atoms with Crippen molar-refractivity contribution in [3.8, 4) is 0 Å². The van der Waals surface area contributed by atoms with Crippen molar-refractivity contribution in [2.75, 3.05) is 24.2 Å². The Labute approximate surface area is 117 Å². The molecule has 0 saturated carbocycles. The highest BCUT2D eigenvalue weighted by molar-refractivity contribution is 8.00. The molecule has 1 rings (SSSR count). The predicted molar refractivity (Wildman–Crippen MR) is 71.5 cm³/mol. The maximum Gasteiger partial charge on any atom is 0.441 e. The van der Waals surface area contributed by atoms with Crippen molar-refractivity contribution in [3.05, 3.63) is 29.3 Å². The van der Waals surface area contributed by atoms with E-state index in [0.717, 1.165) is 0 Å². The van der Waals surface area contributed by atoms with Gasteiger partial charge < -0.3 is 10.6 Å². The summed E-state index contributed by atoms with van der Waals surface area (Å²) in [6, 6.07) is 6.71. The van der Waals surface area contributed by atoms with Gasteiger partial charge in [0.05, 0.1) is 17.3 Å². The number of halogens is 4. The standard InChI is InChI=1S/C11H12ClF3N2OS/c12-8-3-1-2-4-9(8)17-10(18)7-16-5-6-19-11(13,14)15/h1-4,16H,5-7H2,(H,17,18). The Morgan fingerprint density at radius 1 is 1.32 bits per heavy atom. The lowest BCUT2D eigenvalue weighted by Gasteiger charge is -2.08. The molecule has 0 unspecified atom stereocenters. The topological polar surface area (TPSA) is 41.1 Å². The molecule has 0 bridgehead atoms. The number of hydrogen-bond acceptors (Lipinski definition) is 3. The van der Waals surface area contributed by atoms with E-state index in [2.05, 4.69) is 10.6 Å². The second kappa shape index (κ2) is 7.62. The number of hydrogen-bond donors (Lipinski definition) is 2. The normalized spacial score (nSPS) is 11.4. The van der Waals surface area contributed by atoms with Gasteiger partial charge in [-0.2, -0.15) is 13.2 Å². The molecule has 0 heterocycles. The van der Waals surface area contributed by atoms with Crippen LogP contribution in [0.1, 0.15) is 0 Å². The number of carbonyl (C=O) groups excluding carboxylic acids is 1. The lowest BCUT2D eigenvalue weighted by Crippen LogP contribution is -2.30. The maximum atomic E-state index is 11.8. The molecule has 106 valence electrons. The molecular formula is C11H12ClF3N2OS. The number of amides is 1. The van der Waals surface area contributed by atoms with Gasteiger partial charge in [-0.3, -0.25) is 4.79 Å². The van der Waals surface area contributed by atoms with Crippen LogP contribution >= 0.6 is 23.4 Å². The van der Waals surface area contributed by atoms with Gasteiger partial charge in [0.2, 0.25) is 5.91 Å². The molecule has 2 N–H and O–H groups in total. The number of rotatable bonds is 6. The quantitative estimate of drug-likeness (QED) is 0.793. The van der Waals surface area contributed by atoms with Gasteiger partial charge in [-0.15, -0.1) is 0 Å². The lowest BCUT2D eigenvalue weighted by atomic mass is 10.3. The second-order valence-corrected chi connectivity index (χ2v) is 5.07. The van der Waals surface area contributed by atoms with Crippen LogP contribution in [0.15, 0.2) is 24.3 Å². The minimum atomic E-state index is -4.23. The Kier molecular flexibility index (Phi) is 6.47. The molecule has 1 amide bonds. The summed E-state index contributed by atoms with van der Waals surface area (Å²) in [5.41, 5.74) is -3.76. The third kappa shape index (κ3) is 7.29. The van der Waals surface area contributed by atoms with Crippen molar-refractivity contribution in [1.29, 1.82) is 0 Å². The van der Waals surface area contributed by atoms with Crippen LogP contribution in [0.2, 0.25) is 5.02 Å². The highest BCUT2D eigenvalue weighted by atomic mass is 35.5. The van der Waals surface area contributed by atoms with E-state index < -0.39 is 5.51 Å². The molecule has 1 aromatic rings. The van der Waals surface area contributed by atoms with Crippen LogP contribution in [0, 0.1) is 0 Å². The van der Waals surface area contributed by atoms with Gasteiger partial charge in [-0.1, -0.05) is 23.7 Å². The third-order valence-electron chi connectivity index (χ3n) is 1.98. The molecule has 0 aromatic heterocycles. The van der Waals surface area contributed by atoms with Crippen molar-refractivity contribution < 1.29 is 18.0 Å². The van der Waals surface area contributed by atoms with Gasteiger partial charge in [-0.05, 0) is 23.9 Å². The molecule has 0 atom stereocenters. The molecule has 0 fully saturated rings. The first-order valence-electron chi connectivity index (χ1n) is 5.34. The SMILES string of the molecule is O=C(CNCCSC(F)(F)F)Nc1ccccc1Cl. The number of carbonyl (C=O) groups is 1. The summed E-state index contributed by atoms with van der Waals surface area (Å²) in [7, 11) is 0. The van der Waals surface area contributed by atoms with E-state index in [1.165, 1.54) is 0 Å². The van der Waals surface area contributed by atoms with E-state index in [1.807, 2.05) is 0 Å². The van der Waals surface area contributed by atoms with E-state index >= 15 is 0 Å². The molecule has 1 aromatic carbocycles. The first kappa shape index (κ1) is 16.1. The first-order valence-corrected chi connectivity index (χ1v) is 6.70. The smallest absolute Gasteiger partial charge is 0.324 e. The van der Waals surface area contributed by atoms with E-state index in [4.69, 9.17) is 11.6 Å². The predicted octanol–water partition coefficient (Wildman–Crippen LogP) is 3.12. The van der Waals surface area contributed by atoms with E-state index in [9.17, 15) is 18.0 Å². The van der Waals surface area contributed by atoms with Crippen LogP contribution in [-0.2, 0) is 4.79 Å². The molecule has 0 saturated heterocycles. The van der Waals surface area contributed by atoms with Gasteiger partial charge in [0.15, 0.2) is 0 Å². The third-order valence-corrected chi connectivity index (χ3v) is 3.04. The summed E-state index contributed by atoms with van der Waals surface area (Å²) in [5.74, 6) is -0.492. The number of benzene rings is 1. The molecular weight excluding hydrogens is 301 g/mol. The van der Waals surface area contributed by atoms with Crippen molar-refractivity contribution in [3.63, 3.8) is 0 Å². The molecule has 0 aliphatic carbocycles. The van der Waals surface area contributed by atoms with Crippen LogP contribution < -0.4 is 10.6 Å². The van der Waals surface area contributed by atoms with Crippen molar-refractivity contribution in [2.45, 2.75) is 5.51 Å². The molecule has 8 heteroatoms. The number of para-hydroxylation sites is 1. The summed E-state index contributed by atoms with van der Waals surface area (Å²) in [5, 5.41) is 5.58. The van der Waals surface area contributed by atoms with Gasteiger partial charge in [0.25, 0.3) is 0 Å². The number of anilines is 1. The van der Waals surface area contributed by atoms with Crippen LogP contribution in [0.5, 0.6) is 0 Å². The van der Waals surface area contributed by atoms with Crippen LogP contribution in [0.3, 0.4) is 0 Å². The minimum absolute atomic E-state index is 0.0658. The maximum absolute atomic E-state index is 11.8. The van der Waals surface area contributed by atoms with Crippen molar-refractivity contribution >= 4 is 35.0 Å². The summed E-state index contributed by atoms with van der Waals surface area (Å²) < 4.78 is 35.4. The highest BCUT2D eigenvalue weighted by Crippen LogP contribution is 2.29. The first-order chi connectivity index (χ1) is 8.88. The molecule has 19 heavy (non-hydrogen) atoms. The van der Waals surface area contributed by atoms with Gasteiger partial charge in [0.1, 0.15) is 0 Å². The fraction of sp³-hybridized carbons (Fsp3) is 0.364. The van der Waals surface area contributed by atoms with E-state index in [1.54, 1.807) is 24.3 Å². The van der Waals surface area contributed by atoms with E-state index in [0.29, 0.717) is 10.7 Å². The monoisotopic (exact) mass is 312 g/mol. The van der Waals surface area contributed by atoms with Gasteiger partial charge in [-0.25, -0.2) is 0 Å². The van der Waals surface area contributed by atoms with Crippen LogP contribution in [0.25, 0.3) is 0 Å². The van der Waals surface area contributed by atoms with Gasteiger partial charge >= 0.3 is 5.51 Å². The highest BCUT2D eigenvalue weighted by Gasteiger charge is 2.27. The second-order valence-electron chi connectivity index (χ2n) is 3.50. The van der Waals surface area contributed by atoms with Crippen LogP contribution in [0.4, 0.5) is 18.9 Å². The number of thioether (sulfide) groups is 1. The molecule has 0 aliphatic heterocycles. The summed E-state index contributed by atoms with van der Waals surface area (Å²) in [6.45, 7) is 0.0315. The van der Waals surface area contributed by atoms with Crippen molar-refractivity contribution in [1.82, 2.24) is 5.32 Å². The van der Waals surface area contributed by atoms with Crippen molar-refractivity contribution in [2.24, 2.45) is 0 Å². The largest absolute Gasteiger partial charge is 0.441 e.